The topological polar surface area (TPSA) is 41.1 Å². The largest absolute Gasteiger partial charge is 0.381 e. The van der Waals surface area contributed by atoms with Gasteiger partial charge in [0.1, 0.15) is 0 Å². The number of aryl methyl sites for hydroxylation is 3. The van der Waals surface area contributed by atoms with E-state index in [2.05, 4.69) is 30.5 Å². The van der Waals surface area contributed by atoms with Gasteiger partial charge in [0.15, 0.2) is 0 Å². The third-order valence-corrected chi connectivity index (χ3v) is 4.45. The van der Waals surface area contributed by atoms with Gasteiger partial charge in [-0.1, -0.05) is 0 Å². The van der Waals surface area contributed by atoms with E-state index in [1.54, 1.807) is 0 Å². The number of carbonyl (C=O) groups is 1. The molecule has 0 aliphatic carbocycles. The van der Waals surface area contributed by atoms with Crippen molar-refractivity contribution in [2.75, 3.05) is 11.9 Å². The second-order valence-electron chi connectivity index (χ2n) is 5.18. The van der Waals surface area contributed by atoms with Gasteiger partial charge < -0.3 is 10.6 Å². The lowest BCUT2D eigenvalue weighted by atomic mass is 10.1. The van der Waals surface area contributed by atoms with Crippen molar-refractivity contribution in [3.63, 3.8) is 0 Å². The Kier molecular flexibility index (Phi) is 5.02. The molecule has 2 N–H and O–H groups in total. The second-order valence-corrected chi connectivity index (χ2v) is 6.64. The summed E-state index contributed by atoms with van der Waals surface area (Å²) >= 11 is 1.83. The molecule has 0 fully saturated rings. The summed E-state index contributed by atoms with van der Waals surface area (Å²) in [6.07, 6.45) is 0. The Balaban J connectivity index is 2.07. The van der Waals surface area contributed by atoms with Gasteiger partial charge in [-0.2, -0.15) is 0 Å². The van der Waals surface area contributed by atoms with E-state index in [0.717, 1.165) is 17.8 Å². The first-order valence-corrected chi connectivity index (χ1v) is 8.01. The van der Waals surface area contributed by atoms with Gasteiger partial charge in [-0.15, -0.1) is 11.3 Å². The highest BCUT2D eigenvalue weighted by atomic mass is 32.1. The third-order valence-electron chi connectivity index (χ3n) is 3.44. The summed E-state index contributed by atoms with van der Waals surface area (Å²) in [6, 6.07) is 8.00. The number of thiophene rings is 1. The maximum Gasteiger partial charge on any atom is 0.251 e. The zero-order valence-corrected chi connectivity index (χ0v) is 13.9. The fraction of sp³-hybridized carbons (Fsp3) is 0.353. The Morgan fingerprint density at radius 1 is 1.19 bits per heavy atom. The van der Waals surface area contributed by atoms with E-state index in [0.29, 0.717) is 12.1 Å². The number of rotatable bonds is 5. The highest BCUT2D eigenvalue weighted by Gasteiger charge is 2.07. The zero-order chi connectivity index (χ0) is 15.4. The summed E-state index contributed by atoms with van der Waals surface area (Å²) in [5, 5.41) is 6.28. The summed E-state index contributed by atoms with van der Waals surface area (Å²) in [5.41, 5.74) is 4.21. The van der Waals surface area contributed by atoms with E-state index in [4.69, 9.17) is 0 Å². The van der Waals surface area contributed by atoms with Crippen LogP contribution in [0.2, 0.25) is 0 Å². The Morgan fingerprint density at radius 2 is 1.95 bits per heavy atom. The van der Waals surface area contributed by atoms with E-state index in [1.807, 2.05) is 43.4 Å². The fourth-order valence-corrected chi connectivity index (χ4v) is 3.26. The molecule has 0 aliphatic heterocycles. The average molecular weight is 302 g/mol. The molecule has 0 saturated heterocycles. The van der Waals surface area contributed by atoms with Gasteiger partial charge >= 0.3 is 0 Å². The number of anilines is 1. The number of nitrogens with one attached hydrogen (secondary N) is 2. The van der Waals surface area contributed by atoms with Crippen molar-refractivity contribution in [1.29, 1.82) is 0 Å². The molecule has 0 radical (unpaired) electrons. The Bertz CT molecular complexity index is 646. The van der Waals surface area contributed by atoms with Crippen LogP contribution in [0.3, 0.4) is 0 Å². The molecule has 1 aromatic heterocycles. The van der Waals surface area contributed by atoms with Gasteiger partial charge in [-0.25, -0.2) is 0 Å². The van der Waals surface area contributed by atoms with E-state index in [-0.39, 0.29) is 5.91 Å². The van der Waals surface area contributed by atoms with E-state index in [1.165, 1.54) is 15.3 Å². The van der Waals surface area contributed by atoms with Gasteiger partial charge in [0.05, 0.1) is 0 Å². The van der Waals surface area contributed by atoms with Gasteiger partial charge in [-0.05, 0) is 63.1 Å². The van der Waals surface area contributed by atoms with Gasteiger partial charge in [-0.3, -0.25) is 4.79 Å². The van der Waals surface area contributed by atoms with E-state index < -0.39 is 0 Å². The first-order chi connectivity index (χ1) is 10.0. The Labute approximate surface area is 130 Å². The summed E-state index contributed by atoms with van der Waals surface area (Å²) in [7, 11) is 0. The molecule has 3 nitrogen and oxygen atoms in total. The molecule has 0 aliphatic rings. The molecule has 2 aromatic rings. The first kappa shape index (κ1) is 15.6. The number of hydrogen-bond acceptors (Lipinski definition) is 3. The van der Waals surface area contributed by atoms with Crippen LogP contribution in [0, 0.1) is 20.8 Å². The van der Waals surface area contributed by atoms with Crippen LogP contribution >= 0.6 is 11.3 Å². The smallest absolute Gasteiger partial charge is 0.251 e. The minimum Gasteiger partial charge on any atom is -0.381 e. The quantitative estimate of drug-likeness (QED) is 0.875. The minimum absolute atomic E-state index is 0.0172. The number of amides is 1. The molecular formula is C17H22N2OS. The summed E-state index contributed by atoms with van der Waals surface area (Å²) in [5.74, 6) is -0.0172. The van der Waals surface area contributed by atoms with Gasteiger partial charge in [0.2, 0.25) is 0 Å². The van der Waals surface area contributed by atoms with Crippen LogP contribution in [-0.2, 0) is 6.54 Å². The van der Waals surface area contributed by atoms with Crippen LogP contribution in [-0.4, -0.2) is 12.5 Å². The van der Waals surface area contributed by atoms with Crippen LogP contribution < -0.4 is 10.6 Å². The molecule has 112 valence electrons. The molecule has 0 spiro atoms. The minimum atomic E-state index is -0.0172. The lowest BCUT2D eigenvalue weighted by Gasteiger charge is -2.11. The van der Waals surface area contributed by atoms with Crippen LogP contribution in [0.5, 0.6) is 0 Å². The Morgan fingerprint density at radius 3 is 2.52 bits per heavy atom. The molecule has 1 heterocycles. The molecule has 2 rings (SSSR count). The highest BCUT2D eigenvalue weighted by molar-refractivity contribution is 7.12. The maximum absolute atomic E-state index is 11.8. The predicted octanol–water partition coefficient (Wildman–Crippen LogP) is 4.04. The van der Waals surface area contributed by atoms with Crippen LogP contribution in [0.4, 0.5) is 5.69 Å². The first-order valence-electron chi connectivity index (χ1n) is 7.20. The normalized spacial score (nSPS) is 10.5. The standard InChI is InChI=1S/C17H22N2OS/c1-5-18-17(20)14-6-7-16(11(2)8-14)19-10-15-9-12(3)21-13(15)4/h6-9,19H,5,10H2,1-4H3,(H,18,20). The van der Waals surface area contributed by atoms with E-state index >= 15 is 0 Å². The van der Waals surface area contributed by atoms with Crippen molar-refractivity contribution in [2.45, 2.75) is 34.2 Å². The van der Waals surface area contributed by atoms with Crippen molar-refractivity contribution in [1.82, 2.24) is 5.32 Å². The molecule has 21 heavy (non-hydrogen) atoms. The van der Waals surface area contributed by atoms with E-state index in [9.17, 15) is 4.79 Å². The monoisotopic (exact) mass is 302 g/mol. The van der Waals surface area contributed by atoms with Crippen LogP contribution in [0.1, 0.15) is 38.2 Å². The second kappa shape index (κ2) is 6.76. The van der Waals surface area contributed by atoms with Crippen LogP contribution in [0.15, 0.2) is 24.3 Å². The van der Waals surface area contributed by atoms with Crippen molar-refractivity contribution in [3.05, 3.63) is 50.7 Å². The van der Waals surface area contributed by atoms with Crippen molar-refractivity contribution < 1.29 is 4.79 Å². The molecule has 1 amide bonds. The lowest BCUT2D eigenvalue weighted by molar-refractivity contribution is 0.0956. The van der Waals surface area contributed by atoms with Gasteiger partial charge in [0.25, 0.3) is 5.91 Å². The predicted molar refractivity (Wildman–Crippen MR) is 90.3 cm³/mol. The third kappa shape index (κ3) is 3.85. The SMILES string of the molecule is CCNC(=O)c1ccc(NCc2cc(C)sc2C)c(C)c1. The fourth-order valence-electron chi connectivity index (χ4n) is 2.32. The molecule has 0 saturated carbocycles. The molecule has 1 aromatic carbocycles. The van der Waals surface area contributed by atoms with Gasteiger partial charge in [0, 0.05) is 34.1 Å². The zero-order valence-electron chi connectivity index (χ0n) is 13.0. The molecule has 4 heteroatoms. The maximum atomic E-state index is 11.8. The molecule has 0 atom stereocenters. The molecule has 0 unspecified atom stereocenters. The lowest BCUT2D eigenvalue weighted by Crippen LogP contribution is -2.22. The Hall–Kier alpha value is -1.81. The van der Waals surface area contributed by atoms with Crippen molar-refractivity contribution >= 4 is 22.9 Å². The number of hydrogen-bond donors (Lipinski definition) is 2. The summed E-state index contributed by atoms with van der Waals surface area (Å²) in [4.78, 5) is 14.5. The summed E-state index contributed by atoms with van der Waals surface area (Å²) in [6.45, 7) is 9.70. The number of benzene rings is 1. The van der Waals surface area contributed by atoms with Crippen LogP contribution in [0.25, 0.3) is 0 Å². The summed E-state index contributed by atoms with van der Waals surface area (Å²) < 4.78 is 0. The molecular weight excluding hydrogens is 280 g/mol. The van der Waals surface area contributed by atoms with Crippen molar-refractivity contribution in [2.24, 2.45) is 0 Å². The number of carbonyl (C=O) groups excluding carboxylic acids is 1. The average Bonchev–Trinajstić information content (AvgIpc) is 2.76. The molecule has 0 bridgehead atoms. The highest BCUT2D eigenvalue weighted by Crippen LogP contribution is 2.23. The van der Waals surface area contributed by atoms with Crippen molar-refractivity contribution in [3.8, 4) is 0 Å².